The Bertz CT molecular complexity index is 802. The minimum atomic E-state index is -0.979. The van der Waals surface area contributed by atoms with E-state index in [-0.39, 0.29) is 17.2 Å². The van der Waals surface area contributed by atoms with Crippen molar-refractivity contribution >= 4 is 23.7 Å². The van der Waals surface area contributed by atoms with Crippen LogP contribution in [0.15, 0.2) is 71.6 Å². The predicted octanol–water partition coefficient (Wildman–Crippen LogP) is 4.65. The normalized spacial score (nSPS) is 13.3. The summed E-state index contributed by atoms with van der Waals surface area (Å²) in [4.78, 5) is 22.6. The average molecular weight is 415 g/mol. The van der Waals surface area contributed by atoms with Crippen molar-refractivity contribution in [1.29, 1.82) is 0 Å². The van der Waals surface area contributed by atoms with Crippen LogP contribution in [-0.4, -0.2) is 38.6 Å². The lowest BCUT2D eigenvalue weighted by atomic mass is 10.1. The number of carboxylic acids is 2. The first-order valence-electron chi connectivity index (χ1n) is 9.56. The zero-order chi connectivity index (χ0) is 21.1. The third-order valence-electron chi connectivity index (χ3n) is 4.41. The second kappa shape index (κ2) is 12.1. The molecule has 0 heterocycles. The molecule has 29 heavy (non-hydrogen) atoms. The topological polar surface area (TPSA) is 94.8 Å². The van der Waals surface area contributed by atoms with E-state index in [4.69, 9.17) is 10.2 Å². The summed E-state index contributed by atoms with van der Waals surface area (Å²) in [5.41, 5.74) is 1.46. The zero-order valence-corrected chi connectivity index (χ0v) is 16.9. The minimum absolute atomic E-state index is 0.0273. The van der Waals surface area contributed by atoms with Crippen LogP contribution in [0.4, 0.5) is 0 Å². The fraction of sp³-hybridized carbons (Fsp3) is 0.304. The smallest absolute Gasteiger partial charge is 0.335 e. The fourth-order valence-electron chi connectivity index (χ4n) is 2.83. The molecule has 0 saturated carbocycles. The Kier molecular flexibility index (Phi) is 9.47. The van der Waals surface area contributed by atoms with E-state index in [1.165, 1.54) is 29.5 Å². The van der Waals surface area contributed by atoms with Crippen molar-refractivity contribution in [1.82, 2.24) is 0 Å². The first-order valence-corrected chi connectivity index (χ1v) is 10.4. The molecule has 2 atom stereocenters. The fourth-order valence-corrected chi connectivity index (χ4v) is 3.92. The molecule has 0 spiro atoms. The lowest BCUT2D eigenvalue weighted by Gasteiger charge is -2.19. The van der Waals surface area contributed by atoms with Crippen molar-refractivity contribution in [2.75, 3.05) is 0 Å². The third kappa shape index (κ3) is 8.54. The molecule has 2 aromatic rings. The molecule has 0 unspecified atom stereocenters. The number of carboxylic acid groups (broad SMARTS) is 2. The second-order valence-corrected chi connectivity index (χ2v) is 7.97. The number of hydrogen-bond donors (Lipinski definition) is 3. The summed E-state index contributed by atoms with van der Waals surface area (Å²) in [5, 5.41) is 28.2. The number of aromatic carboxylic acids is 1. The van der Waals surface area contributed by atoms with Crippen LogP contribution in [0, 0.1) is 0 Å². The molecule has 0 amide bonds. The zero-order valence-electron chi connectivity index (χ0n) is 16.1. The van der Waals surface area contributed by atoms with Gasteiger partial charge >= 0.3 is 11.9 Å². The molecule has 0 aliphatic heterocycles. The summed E-state index contributed by atoms with van der Waals surface area (Å²) in [7, 11) is 0. The average Bonchev–Trinajstić information content (AvgIpc) is 2.71. The highest BCUT2D eigenvalue weighted by molar-refractivity contribution is 8.00. The largest absolute Gasteiger partial charge is 0.481 e. The first kappa shape index (κ1) is 22.7. The summed E-state index contributed by atoms with van der Waals surface area (Å²) in [6, 6.07) is 16.7. The van der Waals surface area contributed by atoms with Crippen LogP contribution in [-0.2, 0) is 11.2 Å². The van der Waals surface area contributed by atoms with Crippen molar-refractivity contribution in [3.8, 4) is 0 Å². The van der Waals surface area contributed by atoms with Gasteiger partial charge in [-0.3, -0.25) is 4.79 Å². The number of allylic oxidation sites excluding steroid dienone is 1. The minimum Gasteiger partial charge on any atom is -0.481 e. The lowest BCUT2D eigenvalue weighted by Crippen LogP contribution is -2.21. The van der Waals surface area contributed by atoms with Gasteiger partial charge in [-0.05, 0) is 55.5 Å². The van der Waals surface area contributed by atoms with Crippen molar-refractivity contribution < 1.29 is 24.9 Å². The van der Waals surface area contributed by atoms with Gasteiger partial charge in [-0.1, -0.05) is 42.5 Å². The molecular formula is C23H26O5S. The highest BCUT2D eigenvalue weighted by Gasteiger charge is 2.18. The van der Waals surface area contributed by atoms with Gasteiger partial charge in [0.2, 0.25) is 0 Å². The molecular weight excluding hydrogens is 388 g/mol. The maximum absolute atomic E-state index is 11.0. The van der Waals surface area contributed by atoms with E-state index in [9.17, 15) is 14.7 Å². The molecule has 0 bridgehead atoms. The van der Waals surface area contributed by atoms with Crippen molar-refractivity contribution in [2.45, 2.75) is 48.4 Å². The van der Waals surface area contributed by atoms with Gasteiger partial charge in [0.05, 0.1) is 16.9 Å². The highest BCUT2D eigenvalue weighted by Crippen LogP contribution is 2.29. The van der Waals surface area contributed by atoms with Gasteiger partial charge in [0.15, 0.2) is 0 Å². The maximum atomic E-state index is 11.0. The van der Waals surface area contributed by atoms with E-state index in [1.807, 2.05) is 30.4 Å². The molecule has 0 aliphatic rings. The Morgan fingerprint density at radius 1 is 1.00 bits per heavy atom. The van der Waals surface area contributed by atoms with E-state index in [0.717, 1.165) is 17.7 Å². The SMILES string of the molecule is O=C(O)CCC[C@H](O)[C@@H](/C=C\CCc1ccccc1)Sc1ccc(C(=O)O)cc1. The summed E-state index contributed by atoms with van der Waals surface area (Å²) >= 11 is 1.45. The standard InChI is InChI=1S/C23H26O5S/c24-20(10-6-12-22(25)26)21(11-5-4-9-17-7-2-1-3-8-17)29-19-15-13-18(14-16-19)23(27)28/h1-3,5,7-8,11,13-16,20-21,24H,4,6,9-10,12H2,(H,25,26)(H,27,28)/b11-5-/t20-,21+/m0/s1. The molecule has 3 N–H and O–H groups in total. The number of carbonyl (C=O) groups is 2. The van der Waals surface area contributed by atoms with E-state index in [0.29, 0.717) is 12.8 Å². The molecule has 0 aliphatic carbocycles. The summed E-state index contributed by atoms with van der Waals surface area (Å²) in [5.74, 6) is -1.85. The second-order valence-electron chi connectivity index (χ2n) is 6.72. The quantitative estimate of drug-likeness (QED) is 0.346. The molecule has 2 aromatic carbocycles. The maximum Gasteiger partial charge on any atom is 0.335 e. The van der Waals surface area contributed by atoms with Gasteiger partial charge in [0, 0.05) is 11.3 Å². The van der Waals surface area contributed by atoms with Gasteiger partial charge in [-0.15, -0.1) is 11.8 Å². The molecule has 0 saturated heterocycles. The number of rotatable bonds is 12. The molecule has 5 nitrogen and oxygen atoms in total. The Morgan fingerprint density at radius 2 is 1.69 bits per heavy atom. The van der Waals surface area contributed by atoms with Crippen molar-refractivity contribution in [3.63, 3.8) is 0 Å². The number of thioether (sulfide) groups is 1. The van der Waals surface area contributed by atoms with Crippen LogP contribution in [0.1, 0.15) is 41.6 Å². The highest BCUT2D eigenvalue weighted by atomic mass is 32.2. The molecule has 0 aromatic heterocycles. The first-order chi connectivity index (χ1) is 14.0. The monoisotopic (exact) mass is 414 g/mol. The van der Waals surface area contributed by atoms with Gasteiger partial charge in [-0.25, -0.2) is 4.79 Å². The van der Waals surface area contributed by atoms with Crippen molar-refractivity contribution in [3.05, 3.63) is 77.9 Å². The van der Waals surface area contributed by atoms with Gasteiger partial charge in [0.25, 0.3) is 0 Å². The Morgan fingerprint density at radius 3 is 2.31 bits per heavy atom. The summed E-state index contributed by atoms with van der Waals surface area (Å²) < 4.78 is 0. The molecule has 2 rings (SSSR count). The van der Waals surface area contributed by atoms with Crippen LogP contribution in [0.2, 0.25) is 0 Å². The number of aliphatic carboxylic acids is 1. The number of aliphatic hydroxyl groups is 1. The van der Waals surface area contributed by atoms with Crippen LogP contribution in [0.3, 0.4) is 0 Å². The number of aliphatic hydroxyl groups excluding tert-OH is 1. The molecule has 6 heteroatoms. The third-order valence-corrected chi connectivity index (χ3v) is 5.70. The van der Waals surface area contributed by atoms with Gasteiger partial charge in [-0.2, -0.15) is 0 Å². The Hall–Kier alpha value is -2.57. The van der Waals surface area contributed by atoms with Crippen LogP contribution in [0.5, 0.6) is 0 Å². The van der Waals surface area contributed by atoms with Crippen LogP contribution >= 0.6 is 11.8 Å². The van der Waals surface area contributed by atoms with Crippen molar-refractivity contribution in [2.24, 2.45) is 0 Å². The summed E-state index contributed by atoms with van der Waals surface area (Å²) in [6.45, 7) is 0. The molecule has 0 radical (unpaired) electrons. The Balaban J connectivity index is 2.00. The number of hydrogen-bond acceptors (Lipinski definition) is 4. The Labute approximate surface area is 175 Å². The summed E-state index contributed by atoms with van der Waals surface area (Å²) in [6.07, 6.45) is 5.87. The van der Waals surface area contributed by atoms with Gasteiger partial charge < -0.3 is 15.3 Å². The van der Waals surface area contributed by atoms with E-state index >= 15 is 0 Å². The van der Waals surface area contributed by atoms with E-state index in [1.54, 1.807) is 12.1 Å². The predicted molar refractivity (Wildman–Crippen MR) is 114 cm³/mol. The van der Waals surface area contributed by atoms with E-state index < -0.39 is 18.0 Å². The van der Waals surface area contributed by atoms with Crippen LogP contribution in [0.25, 0.3) is 0 Å². The van der Waals surface area contributed by atoms with E-state index in [2.05, 4.69) is 12.1 Å². The molecule has 154 valence electrons. The number of aryl methyl sites for hydroxylation is 1. The van der Waals surface area contributed by atoms with Crippen LogP contribution < -0.4 is 0 Å². The van der Waals surface area contributed by atoms with Gasteiger partial charge in [0.1, 0.15) is 0 Å². The number of benzene rings is 2. The molecule has 0 fully saturated rings. The lowest BCUT2D eigenvalue weighted by molar-refractivity contribution is -0.137.